The van der Waals surface area contributed by atoms with Gasteiger partial charge in [0.05, 0.1) is 11.1 Å². The zero-order valence-electron chi connectivity index (χ0n) is 14.1. The molecule has 0 amide bonds. The Morgan fingerprint density at radius 3 is 2.54 bits per heavy atom. The monoisotopic (exact) mass is 320 g/mol. The smallest absolute Gasteiger partial charge is 0.272 e. The highest BCUT2D eigenvalue weighted by Crippen LogP contribution is 2.20. The van der Waals surface area contributed by atoms with Crippen molar-refractivity contribution in [2.75, 3.05) is 0 Å². The lowest BCUT2D eigenvalue weighted by molar-refractivity contribution is 0.0938. The summed E-state index contributed by atoms with van der Waals surface area (Å²) >= 11 is 0. The fourth-order valence-corrected chi connectivity index (χ4v) is 2.86. The number of Topliss-reactive ketones (excluding diaryl/α,β-unsaturated/α-hetero) is 1. The number of nitrogens with zero attached hydrogens (tertiary/aromatic N) is 1. The van der Waals surface area contributed by atoms with Crippen LogP contribution >= 0.6 is 0 Å². The zero-order chi connectivity index (χ0) is 17.3. The SMILES string of the molecule is Cc1ccc(Cc2n[nH]c(=O)c3ccccc23)cc1C(=O)C(C)C. The van der Waals surface area contributed by atoms with E-state index < -0.39 is 0 Å². The number of carbonyl (C=O) groups is 1. The van der Waals surface area contributed by atoms with Crippen molar-refractivity contribution in [3.05, 3.63) is 75.2 Å². The summed E-state index contributed by atoms with van der Waals surface area (Å²) in [6.45, 7) is 5.77. The zero-order valence-corrected chi connectivity index (χ0v) is 14.1. The number of ketones is 1. The molecule has 0 unspecified atom stereocenters. The van der Waals surface area contributed by atoms with Crippen LogP contribution in [0.4, 0.5) is 0 Å². The van der Waals surface area contributed by atoms with Gasteiger partial charge in [0.25, 0.3) is 5.56 Å². The van der Waals surface area contributed by atoms with E-state index in [0.717, 1.165) is 27.8 Å². The molecule has 3 rings (SSSR count). The first-order chi connectivity index (χ1) is 11.5. The van der Waals surface area contributed by atoms with E-state index in [1.54, 1.807) is 6.07 Å². The fourth-order valence-electron chi connectivity index (χ4n) is 2.86. The number of hydrogen-bond donors (Lipinski definition) is 1. The summed E-state index contributed by atoms with van der Waals surface area (Å²) in [6.07, 6.45) is 0.565. The number of fused-ring (bicyclic) bond motifs is 1. The van der Waals surface area contributed by atoms with Crippen molar-refractivity contribution >= 4 is 16.6 Å². The normalized spacial score (nSPS) is 11.2. The summed E-state index contributed by atoms with van der Waals surface area (Å²) < 4.78 is 0. The van der Waals surface area contributed by atoms with Crippen molar-refractivity contribution in [2.45, 2.75) is 27.2 Å². The second-order valence-electron chi connectivity index (χ2n) is 6.39. The van der Waals surface area contributed by atoms with E-state index in [9.17, 15) is 9.59 Å². The summed E-state index contributed by atoms with van der Waals surface area (Å²) in [6, 6.07) is 13.4. The van der Waals surface area contributed by atoms with E-state index in [1.165, 1.54) is 0 Å². The van der Waals surface area contributed by atoms with Crippen LogP contribution in [0.3, 0.4) is 0 Å². The molecule has 3 aromatic rings. The van der Waals surface area contributed by atoms with Crippen molar-refractivity contribution in [3.63, 3.8) is 0 Å². The molecule has 0 saturated heterocycles. The van der Waals surface area contributed by atoms with Crippen LogP contribution < -0.4 is 5.56 Å². The predicted octanol–water partition coefficient (Wildman–Crippen LogP) is 3.66. The van der Waals surface area contributed by atoms with Gasteiger partial charge in [0, 0.05) is 23.3 Å². The van der Waals surface area contributed by atoms with Crippen LogP contribution in [0.15, 0.2) is 47.3 Å². The summed E-state index contributed by atoms with van der Waals surface area (Å²) in [5.41, 5.74) is 3.37. The van der Waals surface area contributed by atoms with Crippen molar-refractivity contribution in [1.29, 1.82) is 0 Å². The molecule has 24 heavy (non-hydrogen) atoms. The van der Waals surface area contributed by atoms with Gasteiger partial charge in [-0.05, 0) is 30.2 Å². The molecule has 0 fully saturated rings. The molecule has 1 N–H and O–H groups in total. The molecule has 1 heterocycles. The molecule has 0 bridgehead atoms. The number of carbonyl (C=O) groups excluding carboxylic acids is 1. The minimum atomic E-state index is -0.186. The lowest BCUT2D eigenvalue weighted by Gasteiger charge is -2.11. The average Bonchev–Trinajstić information content (AvgIpc) is 2.58. The Balaban J connectivity index is 2.04. The van der Waals surface area contributed by atoms with Gasteiger partial charge in [0.1, 0.15) is 0 Å². The highest BCUT2D eigenvalue weighted by atomic mass is 16.1. The van der Waals surface area contributed by atoms with Gasteiger partial charge in [-0.15, -0.1) is 0 Å². The molecule has 0 saturated carbocycles. The number of aryl methyl sites for hydroxylation is 1. The second kappa shape index (κ2) is 6.40. The van der Waals surface area contributed by atoms with Gasteiger partial charge in [0.15, 0.2) is 5.78 Å². The first-order valence-corrected chi connectivity index (χ1v) is 8.07. The highest BCUT2D eigenvalue weighted by molar-refractivity contribution is 5.98. The van der Waals surface area contributed by atoms with Gasteiger partial charge in [-0.3, -0.25) is 9.59 Å². The van der Waals surface area contributed by atoms with E-state index in [4.69, 9.17) is 0 Å². The number of rotatable bonds is 4. The standard InChI is InChI=1S/C20H20N2O2/c1-12(2)19(23)17-10-14(9-8-13(17)3)11-18-15-6-4-5-7-16(15)20(24)22-21-18/h4-10,12H,11H2,1-3H3,(H,22,24). The maximum atomic E-state index is 12.4. The lowest BCUT2D eigenvalue weighted by Crippen LogP contribution is -2.12. The minimum absolute atomic E-state index is 0.0361. The Hall–Kier alpha value is -2.75. The Morgan fingerprint density at radius 2 is 1.83 bits per heavy atom. The van der Waals surface area contributed by atoms with Gasteiger partial charge < -0.3 is 0 Å². The van der Waals surface area contributed by atoms with Crippen LogP contribution in [0.2, 0.25) is 0 Å². The summed E-state index contributed by atoms with van der Waals surface area (Å²) in [5, 5.41) is 8.25. The molecule has 122 valence electrons. The summed E-state index contributed by atoms with van der Waals surface area (Å²) in [7, 11) is 0. The van der Waals surface area contributed by atoms with Gasteiger partial charge in [-0.25, -0.2) is 5.10 Å². The van der Waals surface area contributed by atoms with Crippen LogP contribution in [0.1, 0.15) is 41.0 Å². The minimum Gasteiger partial charge on any atom is -0.294 e. The van der Waals surface area contributed by atoms with E-state index in [2.05, 4.69) is 10.2 Å². The third-order valence-electron chi connectivity index (χ3n) is 4.24. The number of nitrogens with one attached hydrogen (secondary N) is 1. The first kappa shape index (κ1) is 16.1. The molecular weight excluding hydrogens is 300 g/mol. The molecule has 0 aliphatic rings. The maximum Gasteiger partial charge on any atom is 0.272 e. The van der Waals surface area contributed by atoms with Gasteiger partial charge >= 0.3 is 0 Å². The molecule has 2 aromatic carbocycles. The molecule has 0 aliphatic heterocycles. The maximum absolute atomic E-state index is 12.4. The van der Waals surface area contributed by atoms with E-state index in [0.29, 0.717) is 11.8 Å². The highest BCUT2D eigenvalue weighted by Gasteiger charge is 2.14. The fraction of sp³-hybridized carbons (Fsp3) is 0.250. The molecule has 1 aromatic heterocycles. The Labute approximate surface area is 140 Å². The van der Waals surface area contributed by atoms with Crippen molar-refractivity contribution in [3.8, 4) is 0 Å². The largest absolute Gasteiger partial charge is 0.294 e. The van der Waals surface area contributed by atoms with Crippen LogP contribution in [-0.2, 0) is 6.42 Å². The first-order valence-electron chi connectivity index (χ1n) is 8.07. The van der Waals surface area contributed by atoms with E-state index in [-0.39, 0.29) is 17.3 Å². The molecule has 0 aliphatic carbocycles. The third kappa shape index (κ3) is 3.00. The van der Waals surface area contributed by atoms with Gasteiger partial charge in [-0.2, -0.15) is 5.10 Å². The van der Waals surface area contributed by atoms with E-state index >= 15 is 0 Å². The molecular formula is C20H20N2O2. The number of H-pyrrole nitrogens is 1. The van der Waals surface area contributed by atoms with Crippen LogP contribution in [0, 0.1) is 12.8 Å². The van der Waals surface area contributed by atoms with E-state index in [1.807, 2.05) is 57.2 Å². The van der Waals surface area contributed by atoms with Crippen molar-refractivity contribution < 1.29 is 4.79 Å². The number of aromatic amines is 1. The number of aromatic nitrogens is 2. The summed E-state index contributed by atoms with van der Waals surface area (Å²) in [4.78, 5) is 24.2. The number of benzene rings is 2. The summed E-state index contributed by atoms with van der Waals surface area (Å²) in [5.74, 6) is 0.111. The Bertz CT molecular complexity index is 971. The topological polar surface area (TPSA) is 62.8 Å². The van der Waals surface area contributed by atoms with Crippen LogP contribution in [0.25, 0.3) is 10.8 Å². The van der Waals surface area contributed by atoms with Gasteiger partial charge in [0.2, 0.25) is 0 Å². The molecule has 4 nitrogen and oxygen atoms in total. The predicted molar refractivity (Wildman–Crippen MR) is 95.5 cm³/mol. The quantitative estimate of drug-likeness (QED) is 0.746. The van der Waals surface area contributed by atoms with Crippen molar-refractivity contribution in [2.24, 2.45) is 5.92 Å². The number of hydrogen-bond acceptors (Lipinski definition) is 3. The molecule has 4 heteroatoms. The third-order valence-corrected chi connectivity index (χ3v) is 4.24. The second-order valence-corrected chi connectivity index (χ2v) is 6.39. The van der Waals surface area contributed by atoms with Gasteiger partial charge in [-0.1, -0.05) is 44.2 Å². The molecule has 0 spiro atoms. The lowest BCUT2D eigenvalue weighted by atomic mass is 9.93. The average molecular weight is 320 g/mol. The van der Waals surface area contributed by atoms with Crippen LogP contribution in [0.5, 0.6) is 0 Å². The van der Waals surface area contributed by atoms with Crippen LogP contribution in [-0.4, -0.2) is 16.0 Å². The molecule has 0 atom stereocenters. The van der Waals surface area contributed by atoms with Crippen molar-refractivity contribution in [1.82, 2.24) is 10.2 Å². The Kier molecular flexibility index (Phi) is 4.30. The molecule has 0 radical (unpaired) electrons. The Morgan fingerprint density at radius 1 is 1.12 bits per heavy atom.